The number of anilines is 1. The first kappa shape index (κ1) is 24.5. The SMILES string of the molecule is CCN(CC)CCNC(=O)c1ccc(NC(=O)CN2C(=O)c3ccc([N+](=O)[O-])cc3C2=O)cc1. The highest BCUT2D eigenvalue weighted by molar-refractivity contribution is 6.23. The summed E-state index contributed by atoms with van der Waals surface area (Å²) < 4.78 is 0. The number of hydrogen-bond acceptors (Lipinski definition) is 7. The molecular formula is C23H25N5O6. The van der Waals surface area contributed by atoms with Crippen molar-refractivity contribution in [2.45, 2.75) is 13.8 Å². The normalized spacial score (nSPS) is 12.6. The summed E-state index contributed by atoms with van der Waals surface area (Å²) in [4.78, 5) is 62.9. The second kappa shape index (κ2) is 10.7. The summed E-state index contributed by atoms with van der Waals surface area (Å²) in [6.45, 7) is 6.63. The van der Waals surface area contributed by atoms with E-state index in [1.54, 1.807) is 24.3 Å². The fourth-order valence-electron chi connectivity index (χ4n) is 3.55. The van der Waals surface area contributed by atoms with E-state index in [1.165, 1.54) is 6.07 Å². The molecule has 4 amide bonds. The van der Waals surface area contributed by atoms with Crippen LogP contribution in [0.5, 0.6) is 0 Å². The van der Waals surface area contributed by atoms with Crippen LogP contribution in [0.1, 0.15) is 44.9 Å². The van der Waals surface area contributed by atoms with Gasteiger partial charge in [-0.15, -0.1) is 0 Å². The van der Waals surface area contributed by atoms with Crippen molar-refractivity contribution in [2.24, 2.45) is 0 Å². The van der Waals surface area contributed by atoms with Crippen LogP contribution in [0.25, 0.3) is 0 Å². The summed E-state index contributed by atoms with van der Waals surface area (Å²) in [6.07, 6.45) is 0. The van der Waals surface area contributed by atoms with E-state index in [-0.39, 0.29) is 22.7 Å². The highest BCUT2D eigenvalue weighted by Crippen LogP contribution is 2.26. The molecule has 2 aromatic rings. The largest absolute Gasteiger partial charge is 0.351 e. The fourth-order valence-corrected chi connectivity index (χ4v) is 3.55. The van der Waals surface area contributed by atoms with Gasteiger partial charge in [0.2, 0.25) is 5.91 Å². The number of nitro groups is 1. The average molecular weight is 467 g/mol. The van der Waals surface area contributed by atoms with Crippen LogP contribution in [-0.2, 0) is 4.79 Å². The number of carbonyl (C=O) groups is 4. The van der Waals surface area contributed by atoms with Gasteiger partial charge in [-0.1, -0.05) is 13.8 Å². The van der Waals surface area contributed by atoms with Crippen molar-refractivity contribution in [3.05, 3.63) is 69.3 Å². The van der Waals surface area contributed by atoms with Gasteiger partial charge in [0.15, 0.2) is 0 Å². The molecule has 0 aromatic heterocycles. The van der Waals surface area contributed by atoms with Crippen LogP contribution in [0.3, 0.4) is 0 Å². The van der Waals surface area contributed by atoms with Gasteiger partial charge in [-0.25, -0.2) is 0 Å². The van der Waals surface area contributed by atoms with Gasteiger partial charge in [0.25, 0.3) is 23.4 Å². The van der Waals surface area contributed by atoms with Crippen LogP contribution in [0, 0.1) is 10.1 Å². The second-order valence-electron chi connectivity index (χ2n) is 7.59. The first-order chi connectivity index (χ1) is 16.2. The molecule has 0 aliphatic carbocycles. The van der Waals surface area contributed by atoms with Crippen molar-refractivity contribution < 1.29 is 24.1 Å². The van der Waals surface area contributed by atoms with Gasteiger partial charge in [-0.05, 0) is 43.4 Å². The molecule has 1 aliphatic rings. The van der Waals surface area contributed by atoms with Crippen LogP contribution in [0.2, 0.25) is 0 Å². The Morgan fingerprint density at radius 2 is 1.65 bits per heavy atom. The van der Waals surface area contributed by atoms with E-state index in [9.17, 15) is 29.3 Å². The predicted octanol–water partition coefficient (Wildman–Crippen LogP) is 1.90. The van der Waals surface area contributed by atoms with Gasteiger partial charge in [0.05, 0.1) is 16.1 Å². The molecule has 3 rings (SSSR count). The average Bonchev–Trinajstić information content (AvgIpc) is 3.06. The minimum atomic E-state index is -0.768. The maximum absolute atomic E-state index is 12.5. The quantitative estimate of drug-likeness (QED) is 0.309. The van der Waals surface area contributed by atoms with Crippen molar-refractivity contribution in [3.63, 3.8) is 0 Å². The molecule has 0 fully saturated rings. The van der Waals surface area contributed by atoms with Gasteiger partial charge < -0.3 is 15.5 Å². The van der Waals surface area contributed by atoms with Gasteiger partial charge in [0, 0.05) is 36.5 Å². The van der Waals surface area contributed by atoms with E-state index in [2.05, 4.69) is 29.4 Å². The van der Waals surface area contributed by atoms with Crippen LogP contribution in [0.15, 0.2) is 42.5 Å². The molecule has 0 saturated carbocycles. The Balaban J connectivity index is 1.56. The molecule has 0 unspecified atom stereocenters. The van der Waals surface area contributed by atoms with E-state index in [0.29, 0.717) is 17.8 Å². The number of nitrogens with zero attached hydrogens (tertiary/aromatic N) is 3. The van der Waals surface area contributed by atoms with Crippen molar-refractivity contribution >= 4 is 35.0 Å². The summed E-state index contributed by atoms with van der Waals surface area (Å²) in [5, 5.41) is 16.3. The lowest BCUT2D eigenvalue weighted by Gasteiger charge is -2.18. The number of fused-ring (bicyclic) bond motifs is 1. The van der Waals surface area contributed by atoms with E-state index < -0.39 is 29.2 Å². The molecule has 11 heteroatoms. The van der Waals surface area contributed by atoms with Crippen molar-refractivity contribution in [1.82, 2.24) is 15.1 Å². The molecule has 34 heavy (non-hydrogen) atoms. The smallest absolute Gasteiger partial charge is 0.270 e. The molecule has 2 N–H and O–H groups in total. The number of likely N-dealkylation sites (N-methyl/N-ethyl adjacent to an activating group) is 1. The van der Waals surface area contributed by atoms with E-state index >= 15 is 0 Å². The van der Waals surface area contributed by atoms with Gasteiger partial charge in [0.1, 0.15) is 6.54 Å². The standard InChI is InChI=1S/C23H25N5O6/c1-3-26(4-2)12-11-24-21(30)15-5-7-16(8-6-15)25-20(29)14-27-22(31)18-10-9-17(28(33)34)13-19(18)23(27)32/h5-10,13H,3-4,11-12,14H2,1-2H3,(H,24,30)(H,25,29). The first-order valence-electron chi connectivity index (χ1n) is 10.8. The minimum Gasteiger partial charge on any atom is -0.351 e. The summed E-state index contributed by atoms with van der Waals surface area (Å²) in [5.41, 5.74) is 0.405. The number of imide groups is 1. The lowest BCUT2D eigenvalue weighted by molar-refractivity contribution is -0.384. The number of benzene rings is 2. The molecule has 0 atom stereocenters. The maximum atomic E-state index is 12.5. The van der Waals surface area contributed by atoms with Crippen molar-refractivity contribution in [1.29, 1.82) is 0 Å². The van der Waals surface area contributed by atoms with Gasteiger partial charge >= 0.3 is 0 Å². The molecule has 0 radical (unpaired) electrons. The van der Waals surface area contributed by atoms with Crippen molar-refractivity contribution in [2.75, 3.05) is 38.0 Å². The van der Waals surface area contributed by atoms with Crippen LogP contribution < -0.4 is 10.6 Å². The van der Waals surface area contributed by atoms with E-state index in [1.807, 2.05) is 0 Å². The van der Waals surface area contributed by atoms with Crippen LogP contribution in [0.4, 0.5) is 11.4 Å². The first-order valence-corrected chi connectivity index (χ1v) is 10.8. The molecule has 0 spiro atoms. The minimum absolute atomic E-state index is 0.0137. The Kier molecular flexibility index (Phi) is 7.69. The predicted molar refractivity (Wildman–Crippen MR) is 124 cm³/mol. The monoisotopic (exact) mass is 467 g/mol. The molecule has 1 aliphatic heterocycles. The number of non-ortho nitro benzene ring substituents is 1. The number of carbonyl (C=O) groups excluding carboxylic acids is 4. The second-order valence-corrected chi connectivity index (χ2v) is 7.59. The van der Waals surface area contributed by atoms with Crippen molar-refractivity contribution in [3.8, 4) is 0 Å². The van der Waals surface area contributed by atoms with Crippen LogP contribution in [-0.4, -0.2) is 71.1 Å². The summed E-state index contributed by atoms with van der Waals surface area (Å²) in [7, 11) is 0. The topological polar surface area (TPSA) is 142 Å². The number of hydrogen-bond donors (Lipinski definition) is 2. The Morgan fingerprint density at radius 3 is 2.26 bits per heavy atom. The molecule has 1 heterocycles. The Hall–Kier alpha value is -4.12. The Labute approximate surface area is 195 Å². The Morgan fingerprint density at radius 1 is 1.00 bits per heavy atom. The molecule has 0 bridgehead atoms. The highest BCUT2D eigenvalue weighted by Gasteiger charge is 2.37. The highest BCUT2D eigenvalue weighted by atomic mass is 16.6. The number of amides is 4. The third-order valence-corrected chi connectivity index (χ3v) is 5.51. The van der Waals surface area contributed by atoms with Crippen LogP contribution >= 0.6 is 0 Å². The van der Waals surface area contributed by atoms with E-state index in [4.69, 9.17) is 0 Å². The molecule has 178 valence electrons. The zero-order valence-corrected chi connectivity index (χ0v) is 18.9. The lowest BCUT2D eigenvalue weighted by Crippen LogP contribution is -2.37. The summed E-state index contributed by atoms with van der Waals surface area (Å²) in [5.74, 6) is -2.32. The van der Waals surface area contributed by atoms with Gasteiger partial charge in [-0.3, -0.25) is 34.2 Å². The fraction of sp³-hybridized carbons (Fsp3) is 0.304. The third kappa shape index (κ3) is 5.44. The Bertz CT molecular complexity index is 1130. The van der Waals surface area contributed by atoms with E-state index in [0.717, 1.165) is 36.7 Å². The molecule has 0 saturated heterocycles. The van der Waals surface area contributed by atoms with Gasteiger partial charge in [-0.2, -0.15) is 0 Å². The number of nitrogens with one attached hydrogen (secondary N) is 2. The zero-order chi connectivity index (χ0) is 24.8. The zero-order valence-electron chi connectivity index (χ0n) is 18.9. The summed E-state index contributed by atoms with van der Waals surface area (Å²) in [6, 6.07) is 9.57. The molecule has 11 nitrogen and oxygen atoms in total. The lowest BCUT2D eigenvalue weighted by atomic mass is 10.1. The number of nitro benzene ring substituents is 1. The summed E-state index contributed by atoms with van der Waals surface area (Å²) >= 11 is 0. The molecule has 2 aromatic carbocycles. The molecular weight excluding hydrogens is 442 g/mol. The maximum Gasteiger partial charge on any atom is 0.270 e. The third-order valence-electron chi connectivity index (χ3n) is 5.51. The number of rotatable bonds is 10.